The van der Waals surface area contributed by atoms with Crippen LogP contribution in [0.4, 0.5) is 14.5 Å². The first-order valence-corrected chi connectivity index (χ1v) is 13.0. The zero-order chi connectivity index (χ0) is 21.2. The molecule has 0 atom stereocenters. The summed E-state index contributed by atoms with van der Waals surface area (Å²) in [5, 5.41) is 0. The third-order valence-electron chi connectivity index (χ3n) is 3.47. The molecule has 1 N–H and O–H groups in total. The van der Waals surface area contributed by atoms with Crippen molar-refractivity contribution in [2.24, 2.45) is 0 Å². The summed E-state index contributed by atoms with van der Waals surface area (Å²) in [6.07, 6.45) is 1.05. The van der Waals surface area contributed by atoms with Crippen molar-refractivity contribution in [2.75, 3.05) is 11.0 Å². The SMILES string of the molecule is CS(=O)(=O)Nc1cccc(CSCc2ccc(C(F)(F)P(=O)([O-])[O-])c(Br)c2)c1.[Na+].[Na+].[Na+]. The first-order chi connectivity index (χ1) is 12.8. The Labute approximate surface area is 259 Å². The molecule has 0 fully saturated rings. The van der Waals surface area contributed by atoms with Gasteiger partial charge in [-0.05, 0) is 29.3 Å². The molecule has 0 saturated carbocycles. The Bertz CT molecular complexity index is 1030. The molecule has 0 aliphatic rings. The molecule has 0 bridgehead atoms. The number of halogens is 3. The summed E-state index contributed by atoms with van der Waals surface area (Å²) in [4.78, 5) is 21.6. The maximum atomic E-state index is 13.7. The van der Waals surface area contributed by atoms with Crippen molar-refractivity contribution in [2.45, 2.75) is 17.2 Å². The Hall–Kier alpha value is 2.03. The maximum Gasteiger partial charge on any atom is 1.00 e. The predicted molar refractivity (Wildman–Crippen MR) is 106 cm³/mol. The van der Waals surface area contributed by atoms with E-state index in [1.807, 2.05) is 6.07 Å². The molecule has 15 heteroatoms. The predicted octanol–water partition coefficient (Wildman–Crippen LogP) is -5.77. The average molecular weight is 583 g/mol. The minimum absolute atomic E-state index is 0. The van der Waals surface area contributed by atoms with Gasteiger partial charge in [0.15, 0.2) is 0 Å². The van der Waals surface area contributed by atoms with Crippen molar-refractivity contribution >= 4 is 51.0 Å². The zero-order valence-corrected chi connectivity index (χ0v) is 27.5. The number of sulfonamides is 1. The summed E-state index contributed by atoms with van der Waals surface area (Å²) in [7, 11) is -9.51. The second-order valence-electron chi connectivity index (χ2n) is 5.92. The second-order valence-corrected chi connectivity index (χ2v) is 11.1. The molecule has 0 amide bonds. The molecule has 2 rings (SSSR count). The summed E-state index contributed by atoms with van der Waals surface area (Å²) in [5.74, 6) is 0.964. The monoisotopic (exact) mass is 582 g/mol. The number of rotatable bonds is 8. The van der Waals surface area contributed by atoms with E-state index < -0.39 is 28.8 Å². The van der Waals surface area contributed by atoms with Crippen LogP contribution < -0.4 is 103 Å². The van der Waals surface area contributed by atoms with Gasteiger partial charge in [0.25, 0.3) is 5.66 Å². The number of hydrogen-bond donors (Lipinski definition) is 1. The summed E-state index contributed by atoms with van der Waals surface area (Å²) in [6, 6.07) is 10.4. The quantitative estimate of drug-likeness (QED) is 0.245. The van der Waals surface area contributed by atoms with Crippen molar-refractivity contribution in [1.29, 1.82) is 0 Å². The van der Waals surface area contributed by atoms with Gasteiger partial charge < -0.3 is 14.4 Å². The third kappa shape index (κ3) is 11.1. The molecule has 2 aromatic carbocycles. The van der Waals surface area contributed by atoms with Gasteiger partial charge in [0, 0.05) is 34.8 Å². The van der Waals surface area contributed by atoms with Gasteiger partial charge in [0.2, 0.25) is 10.0 Å². The van der Waals surface area contributed by atoms with E-state index in [0.29, 0.717) is 22.8 Å². The van der Waals surface area contributed by atoms with Crippen LogP contribution in [0.1, 0.15) is 16.7 Å². The maximum absolute atomic E-state index is 13.7. The molecular weight excluding hydrogens is 568 g/mol. The number of nitrogens with one attached hydrogen (secondary N) is 1. The smallest absolute Gasteiger partial charge is 0.806 e. The van der Waals surface area contributed by atoms with Crippen molar-refractivity contribution < 1.29 is 120 Å². The van der Waals surface area contributed by atoms with Crippen molar-refractivity contribution in [3.63, 3.8) is 0 Å². The van der Waals surface area contributed by atoms with Crippen LogP contribution in [-0.2, 0) is 31.8 Å². The summed E-state index contributed by atoms with van der Waals surface area (Å²) >= 11 is 4.35. The van der Waals surface area contributed by atoms with Crippen molar-refractivity contribution in [1.82, 2.24) is 0 Å². The van der Waals surface area contributed by atoms with E-state index >= 15 is 0 Å². The average Bonchev–Trinajstić information content (AvgIpc) is 2.52. The van der Waals surface area contributed by atoms with Gasteiger partial charge >= 0.3 is 88.7 Å². The van der Waals surface area contributed by atoms with Crippen molar-refractivity contribution in [3.8, 4) is 0 Å². The minimum Gasteiger partial charge on any atom is -0.806 e. The Morgan fingerprint density at radius 2 is 1.61 bits per heavy atom. The van der Waals surface area contributed by atoms with Crippen LogP contribution in [0.15, 0.2) is 46.9 Å². The molecule has 31 heavy (non-hydrogen) atoms. The second kappa shape index (κ2) is 14.6. The number of benzene rings is 2. The number of thioether (sulfide) groups is 1. The van der Waals surface area contributed by atoms with E-state index in [-0.39, 0.29) is 93.1 Å². The van der Waals surface area contributed by atoms with Crippen LogP contribution in [0.5, 0.6) is 0 Å². The van der Waals surface area contributed by atoms with E-state index in [4.69, 9.17) is 0 Å². The first-order valence-electron chi connectivity index (χ1n) is 7.63. The molecule has 6 nitrogen and oxygen atoms in total. The summed E-state index contributed by atoms with van der Waals surface area (Å²) < 4.78 is 63.0. The number of alkyl halides is 2. The van der Waals surface area contributed by atoms with E-state index in [2.05, 4.69) is 20.7 Å². The van der Waals surface area contributed by atoms with Gasteiger partial charge in [-0.2, -0.15) is 20.5 Å². The number of hydrogen-bond acceptors (Lipinski definition) is 6. The van der Waals surface area contributed by atoms with Gasteiger partial charge in [-0.1, -0.05) is 40.2 Å². The largest absolute Gasteiger partial charge is 1.00 e. The van der Waals surface area contributed by atoms with Crippen LogP contribution in [0.3, 0.4) is 0 Å². The summed E-state index contributed by atoms with van der Waals surface area (Å²) in [5.41, 5.74) is -3.44. The third-order valence-corrected chi connectivity index (χ3v) is 6.74. The van der Waals surface area contributed by atoms with Gasteiger partial charge in [-0.25, -0.2) is 8.42 Å². The molecule has 2 aromatic rings. The van der Waals surface area contributed by atoms with E-state index in [1.165, 1.54) is 23.9 Å². The van der Waals surface area contributed by atoms with Gasteiger partial charge in [-0.15, -0.1) is 0 Å². The van der Waals surface area contributed by atoms with E-state index in [1.54, 1.807) is 18.2 Å². The molecule has 0 spiro atoms. The van der Waals surface area contributed by atoms with Gasteiger partial charge in [0.05, 0.1) is 6.26 Å². The zero-order valence-electron chi connectivity index (χ0n) is 17.4. The van der Waals surface area contributed by atoms with Crippen LogP contribution in [-0.4, -0.2) is 14.7 Å². The molecular formula is C16H15BrF2NNa3O5PS2+. The molecule has 0 unspecified atom stereocenters. The molecule has 154 valence electrons. The Morgan fingerprint density at radius 3 is 2.10 bits per heavy atom. The fourth-order valence-corrected chi connectivity index (χ4v) is 5.07. The Balaban J connectivity index is 0. The Kier molecular flexibility index (Phi) is 16.5. The van der Waals surface area contributed by atoms with Crippen LogP contribution >= 0.6 is 35.3 Å². The molecule has 0 radical (unpaired) electrons. The molecule has 0 aliphatic heterocycles. The Morgan fingerprint density at radius 1 is 1.06 bits per heavy atom. The van der Waals surface area contributed by atoms with Crippen molar-refractivity contribution in [3.05, 3.63) is 63.6 Å². The fourth-order valence-electron chi connectivity index (χ4n) is 2.27. The van der Waals surface area contributed by atoms with Crippen LogP contribution in [0.25, 0.3) is 0 Å². The molecule has 0 heterocycles. The van der Waals surface area contributed by atoms with Crippen LogP contribution in [0, 0.1) is 0 Å². The van der Waals surface area contributed by atoms with E-state index in [9.17, 15) is 31.6 Å². The fraction of sp³-hybridized carbons (Fsp3) is 0.250. The van der Waals surface area contributed by atoms with E-state index in [0.717, 1.165) is 17.9 Å². The normalized spacial score (nSPS) is 11.5. The molecule has 0 aromatic heterocycles. The van der Waals surface area contributed by atoms with Crippen LogP contribution in [0.2, 0.25) is 0 Å². The van der Waals surface area contributed by atoms with Gasteiger partial charge in [-0.3, -0.25) is 4.72 Å². The molecule has 0 saturated heterocycles. The summed E-state index contributed by atoms with van der Waals surface area (Å²) in [6.45, 7) is 0. The minimum atomic E-state index is -6.13. The van der Waals surface area contributed by atoms with Gasteiger partial charge in [0.1, 0.15) is 0 Å². The standard InChI is InChI=1S/C16H17BrF2NO5PS2.3Na/c1-28(24,25)20-13-4-2-3-11(7-13)9-27-10-12-5-6-14(15(17)8-12)16(18,19)26(21,22)23;;;/h2-8,20H,9-10H2,1H3,(H2,21,22,23);;;/q;3*+1/p-2. The topological polar surface area (TPSA) is 109 Å². The first kappa shape index (κ1) is 35.2. The molecule has 0 aliphatic carbocycles. The number of anilines is 1.